The van der Waals surface area contributed by atoms with Crippen LogP contribution in [0.5, 0.6) is 5.75 Å². The van der Waals surface area contributed by atoms with Crippen molar-refractivity contribution in [2.24, 2.45) is 0 Å². The van der Waals surface area contributed by atoms with Crippen molar-refractivity contribution in [2.45, 2.75) is 31.5 Å². The van der Waals surface area contributed by atoms with E-state index in [1.54, 1.807) is 36.4 Å². The number of halogens is 2. The number of sulfonamides is 1. The van der Waals surface area contributed by atoms with Crippen LogP contribution >= 0.6 is 0 Å². The molecule has 33 heavy (non-hydrogen) atoms. The van der Waals surface area contributed by atoms with Gasteiger partial charge in [-0.2, -0.15) is 13.1 Å². The molecule has 0 atom stereocenters. The van der Waals surface area contributed by atoms with E-state index in [-0.39, 0.29) is 23.7 Å². The van der Waals surface area contributed by atoms with Crippen LogP contribution in [0.3, 0.4) is 0 Å². The van der Waals surface area contributed by atoms with Crippen molar-refractivity contribution in [1.29, 1.82) is 0 Å². The van der Waals surface area contributed by atoms with E-state index in [1.807, 2.05) is 6.92 Å². The van der Waals surface area contributed by atoms with Crippen LogP contribution in [0.15, 0.2) is 76.2 Å². The van der Waals surface area contributed by atoms with E-state index in [4.69, 9.17) is 4.42 Å². The number of amides is 1. The van der Waals surface area contributed by atoms with Crippen molar-refractivity contribution in [2.75, 3.05) is 13.6 Å². The molecule has 0 saturated heterocycles. The van der Waals surface area contributed by atoms with Gasteiger partial charge in [0.1, 0.15) is 11.5 Å². The summed E-state index contributed by atoms with van der Waals surface area (Å²) in [5.74, 6) is -0.0301. The van der Waals surface area contributed by atoms with Crippen molar-refractivity contribution >= 4 is 15.9 Å². The highest BCUT2D eigenvalue weighted by Crippen LogP contribution is 2.20. The lowest BCUT2D eigenvalue weighted by Crippen LogP contribution is -2.40. The third-order valence-electron chi connectivity index (χ3n) is 4.88. The molecule has 0 aliphatic rings. The minimum atomic E-state index is -3.97. The number of furan rings is 1. The quantitative estimate of drug-likeness (QED) is 0.439. The zero-order valence-electron chi connectivity index (χ0n) is 18.1. The molecule has 176 valence electrons. The van der Waals surface area contributed by atoms with E-state index >= 15 is 0 Å². The zero-order valence-corrected chi connectivity index (χ0v) is 19.0. The fourth-order valence-corrected chi connectivity index (χ4v) is 4.43. The smallest absolute Gasteiger partial charge is 0.387 e. The number of hydrogen-bond donors (Lipinski definition) is 0. The van der Waals surface area contributed by atoms with Crippen molar-refractivity contribution in [3.63, 3.8) is 0 Å². The highest BCUT2D eigenvalue weighted by atomic mass is 32.2. The molecule has 1 amide bonds. The van der Waals surface area contributed by atoms with Crippen LogP contribution in [0.2, 0.25) is 0 Å². The van der Waals surface area contributed by atoms with Crippen LogP contribution in [0.1, 0.15) is 16.9 Å². The van der Waals surface area contributed by atoms with Gasteiger partial charge < -0.3 is 14.1 Å². The molecule has 3 aromatic rings. The Kier molecular flexibility index (Phi) is 7.83. The SMILES string of the molecule is Cc1ccc(S(=O)(=O)N(CC(=O)N(C)Cc2ccc(OC(F)F)cc2)Cc2ccco2)cc1. The molecule has 0 fully saturated rings. The lowest BCUT2D eigenvalue weighted by molar-refractivity contribution is -0.130. The first kappa shape index (κ1) is 24.4. The van der Waals surface area contributed by atoms with E-state index in [0.29, 0.717) is 11.3 Å². The highest BCUT2D eigenvalue weighted by molar-refractivity contribution is 7.89. The molecule has 2 aromatic carbocycles. The fourth-order valence-electron chi connectivity index (χ4n) is 3.07. The van der Waals surface area contributed by atoms with Gasteiger partial charge in [-0.1, -0.05) is 29.8 Å². The van der Waals surface area contributed by atoms with E-state index in [2.05, 4.69) is 4.74 Å². The molecule has 3 rings (SSSR count). The van der Waals surface area contributed by atoms with Crippen LogP contribution in [0, 0.1) is 6.92 Å². The number of hydrogen-bond acceptors (Lipinski definition) is 5. The fraction of sp³-hybridized carbons (Fsp3) is 0.261. The van der Waals surface area contributed by atoms with Gasteiger partial charge in [0.05, 0.1) is 24.2 Å². The first-order chi connectivity index (χ1) is 15.6. The molecule has 1 heterocycles. The van der Waals surface area contributed by atoms with Crippen molar-refractivity contribution in [3.8, 4) is 5.75 Å². The van der Waals surface area contributed by atoms with Gasteiger partial charge in [-0.25, -0.2) is 8.42 Å². The average Bonchev–Trinajstić information content (AvgIpc) is 3.27. The standard InChI is InChI=1S/C23H24F2N2O5S/c1-17-5-11-21(12-6-17)33(29,30)27(15-20-4-3-13-31-20)16-22(28)26(2)14-18-7-9-19(10-8-18)32-23(24)25/h3-13,23H,14-16H2,1-2H3. The third kappa shape index (κ3) is 6.62. The van der Waals surface area contributed by atoms with Gasteiger partial charge in [0.2, 0.25) is 15.9 Å². The summed E-state index contributed by atoms with van der Waals surface area (Å²) in [5, 5.41) is 0. The Labute approximate surface area is 191 Å². The molecule has 0 aliphatic carbocycles. The normalized spacial score (nSPS) is 11.7. The van der Waals surface area contributed by atoms with Gasteiger partial charge in [-0.05, 0) is 48.9 Å². The Bertz CT molecular complexity index is 1150. The van der Waals surface area contributed by atoms with Gasteiger partial charge in [0.15, 0.2) is 0 Å². The van der Waals surface area contributed by atoms with E-state index in [1.165, 1.54) is 42.5 Å². The molecule has 0 saturated carbocycles. The lowest BCUT2D eigenvalue weighted by Gasteiger charge is -2.24. The molecular formula is C23H24F2N2O5S. The van der Waals surface area contributed by atoms with Gasteiger partial charge in [0.25, 0.3) is 0 Å². The topological polar surface area (TPSA) is 80.1 Å². The number of rotatable bonds is 10. The number of likely N-dealkylation sites (N-methyl/N-ethyl adjacent to an activating group) is 1. The first-order valence-electron chi connectivity index (χ1n) is 10.0. The number of benzene rings is 2. The maximum Gasteiger partial charge on any atom is 0.387 e. The molecule has 10 heteroatoms. The molecule has 0 spiro atoms. The summed E-state index contributed by atoms with van der Waals surface area (Å²) in [7, 11) is -2.44. The van der Waals surface area contributed by atoms with Gasteiger partial charge >= 0.3 is 6.61 Å². The van der Waals surface area contributed by atoms with Crippen LogP contribution < -0.4 is 4.74 Å². The minimum Gasteiger partial charge on any atom is -0.468 e. The van der Waals surface area contributed by atoms with E-state index in [0.717, 1.165) is 9.87 Å². The first-order valence-corrected chi connectivity index (χ1v) is 11.5. The Morgan fingerprint density at radius 1 is 1.03 bits per heavy atom. The van der Waals surface area contributed by atoms with Crippen molar-refractivity contribution in [1.82, 2.24) is 9.21 Å². The summed E-state index contributed by atoms with van der Waals surface area (Å²) < 4.78 is 61.8. The second-order valence-corrected chi connectivity index (χ2v) is 9.38. The summed E-state index contributed by atoms with van der Waals surface area (Å²) in [6.07, 6.45) is 1.43. The van der Waals surface area contributed by atoms with Gasteiger partial charge in [-0.3, -0.25) is 4.79 Å². The summed E-state index contributed by atoms with van der Waals surface area (Å²) in [6, 6.07) is 15.5. The summed E-state index contributed by atoms with van der Waals surface area (Å²) >= 11 is 0. The lowest BCUT2D eigenvalue weighted by atomic mass is 10.2. The molecule has 0 aliphatic heterocycles. The molecule has 1 aromatic heterocycles. The van der Waals surface area contributed by atoms with Crippen LogP contribution in [-0.2, 0) is 27.9 Å². The maximum atomic E-state index is 13.3. The van der Waals surface area contributed by atoms with Crippen LogP contribution in [-0.4, -0.2) is 43.7 Å². The highest BCUT2D eigenvalue weighted by Gasteiger charge is 2.28. The summed E-state index contributed by atoms with van der Waals surface area (Å²) in [4.78, 5) is 14.3. The summed E-state index contributed by atoms with van der Waals surface area (Å²) in [6.45, 7) is -1.42. The predicted molar refractivity (Wildman–Crippen MR) is 117 cm³/mol. The van der Waals surface area contributed by atoms with Crippen LogP contribution in [0.4, 0.5) is 8.78 Å². The molecule has 0 radical (unpaired) electrons. The number of carbonyl (C=O) groups excluding carboxylic acids is 1. The van der Waals surface area contributed by atoms with E-state index in [9.17, 15) is 22.0 Å². The third-order valence-corrected chi connectivity index (χ3v) is 6.68. The average molecular weight is 479 g/mol. The van der Waals surface area contributed by atoms with Crippen molar-refractivity contribution < 1.29 is 31.1 Å². The number of alkyl halides is 2. The molecule has 0 unspecified atom stereocenters. The maximum absolute atomic E-state index is 13.3. The molecular weight excluding hydrogens is 454 g/mol. The molecule has 0 bridgehead atoms. The van der Waals surface area contributed by atoms with Crippen LogP contribution in [0.25, 0.3) is 0 Å². The predicted octanol–water partition coefficient (Wildman–Crippen LogP) is 4.04. The van der Waals surface area contributed by atoms with Gasteiger partial charge in [0, 0.05) is 13.6 Å². The summed E-state index contributed by atoms with van der Waals surface area (Å²) in [5.41, 5.74) is 1.58. The Balaban J connectivity index is 1.74. The second kappa shape index (κ2) is 10.6. The Morgan fingerprint density at radius 2 is 1.70 bits per heavy atom. The minimum absolute atomic E-state index is 0.0107. The molecule has 0 N–H and O–H groups in total. The number of carbonyl (C=O) groups is 1. The van der Waals surface area contributed by atoms with Crippen molar-refractivity contribution in [3.05, 3.63) is 83.8 Å². The Morgan fingerprint density at radius 3 is 2.27 bits per heavy atom. The second-order valence-electron chi connectivity index (χ2n) is 7.44. The number of nitrogens with zero attached hydrogens (tertiary/aromatic N) is 2. The number of ether oxygens (including phenoxy) is 1. The monoisotopic (exact) mass is 478 g/mol. The zero-order chi connectivity index (χ0) is 24.0. The van der Waals surface area contributed by atoms with E-state index < -0.39 is 29.1 Å². The van der Waals surface area contributed by atoms with Gasteiger partial charge in [-0.15, -0.1) is 0 Å². The number of aryl methyl sites for hydroxylation is 1. The largest absolute Gasteiger partial charge is 0.468 e. The Hall–Kier alpha value is -3.24. The molecule has 7 nitrogen and oxygen atoms in total.